The molecule has 0 unspecified atom stereocenters. The van der Waals surface area contributed by atoms with Crippen LogP contribution < -0.4 is 10.9 Å². The van der Waals surface area contributed by atoms with E-state index >= 15 is 0 Å². The molecular formula is C2H4N4. The fraction of sp³-hybridized carbons (Fsp3) is 0. The molecule has 0 bridgehead atoms. The molecule has 1 aliphatic rings. The number of hydrogen-bond acceptors (Lipinski definition) is 4. The number of hydrazone groups is 2. The lowest BCUT2D eigenvalue weighted by atomic mass is 11.2. The van der Waals surface area contributed by atoms with Gasteiger partial charge in [-0.3, -0.25) is 10.9 Å². The van der Waals surface area contributed by atoms with Gasteiger partial charge in [0.15, 0.2) is 0 Å². The van der Waals surface area contributed by atoms with Crippen LogP contribution in [0, 0.1) is 0 Å². The average Bonchev–Trinajstić information content (AvgIpc) is 1.72. The van der Waals surface area contributed by atoms with Crippen LogP contribution in [-0.2, 0) is 0 Å². The van der Waals surface area contributed by atoms with E-state index in [0.717, 1.165) is 0 Å². The predicted octanol–water partition coefficient (Wildman–Crippen LogP) is -0.934. The molecule has 2 N–H and O–H groups in total. The zero-order chi connectivity index (χ0) is 4.24. The van der Waals surface area contributed by atoms with E-state index in [2.05, 4.69) is 21.1 Å². The van der Waals surface area contributed by atoms with Gasteiger partial charge in [-0.2, -0.15) is 10.2 Å². The summed E-state index contributed by atoms with van der Waals surface area (Å²) in [5.74, 6) is 0. The van der Waals surface area contributed by atoms with Crippen molar-refractivity contribution in [3.8, 4) is 0 Å². The monoisotopic (exact) mass is 84.0 g/mol. The molecule has 4 heteroatoms. The molecule has 0 saturated carbocycles. The van der Waals surface area contributed by atoms with Crippen molar-refractivity contribution in [2.75, 3.05) is 0 Å². The van der Waals surface area contributed by atoms with Crippen molar-refractivity contribution in [3.05, 3.63) is 0 Å². The normalized spacial score (nSPS) is 16.0. The Morgan fingerprint density at radius 2 is 1.50 bits per heavy atom. The Kier molecular flexibility index (Phi) is 0.731. The molecule has 1 aliphatic heterocycles. The van der Waals surface area contributed by atoms with Crippen LogP contribution in [0.3, 0.4) is 0 Å². The van der Waals surface area contributed by atoms with Crippen LogP contribution in [0.5, 0.6) is 0 Å². The van der Waals surface area contributed by atoms with Crippen LogP contribution in [0.15, 0.2) is 10.2 Å². The number of nitrogens with one attached hydrogen (secondary N) is 2. The first-order chi connectivity index (χ1) is 3.00. The SMILES string of the molecule is C1=NNC=NN1. The van der Waals surface area contributed by atoms with E-state index in [-0.39, 0.29) is 0 Å². The van der Waals surface area contributed by atoms with Crippen molar-refractivity contribution in [2.45, 2.75) is 0 Å². The number of rotatable bonds is 0. The molecule has 0 saturated heterocycles. The fourth-order valence-corrected chi connectivity index (χ4v) is 0.199. The van der Waals surface area contributed by atoms with Gasteiger partial charge in [-0.1, -0.05) is 0 Å². The first-order valence-corrected chi connectivity index (χ1v) is 1.54. The smallest absolute Gasteiger partial charge is 0.129 e. The maximum Gasteiger partial charge on any atom is 0.129 e. The van der Waals surface area contributed by atoms with Crippen LogP contribution >= 0.6 is 0 Å². The third kappa shape index (κ3) is 0.453. The van der Waals surface area contributed by atoms with Crippen LogP contribution in [0.2, 0.25) is 0 Å². The zero-order valence-electron chi connectivity index (χ0n) is 3.05. The van der Waals surface area contributed by atoms with Crippen molar-refractivity contribution in [2.24, 2.45) is 10.2 Å². The third-order valence-electron chi connectivity index (χ3n) is 0.394. The second-order valence-corrected chi connectivity index (χ2v) is 0.775. The molecule has 0 amide bonds. The number of hydrogen-bond donors (Lipinski definition) is 2. The van der Waals surface area contributed by atoms with Gasteiger partial charge in [-0.15, -0.1) is 0 Å². The maximum absolute atomic E-state index is 3.54. The van der Waals surface area contributed by atoms with E-state index < -0.39 is 0 Å². The Bertz CT molecular complexity index is 63.5. The van der Waals surface area contributed by atoms with E-state index in [4.69, 9.17) is 0 Å². The molecule has 32 valence electrons. The van der Waals surface area contributed by atoms with E-state index in [0.29, 0.717) is 0 Å². The molecule has 1 rings (SSSR count). The summed E-state index contributed by atoms with van der Waals surface area (Å²) < 4.78 is 0. The molecule has 1 heterocycles. The van der Waals surface area contributed by atoms with Gasteiger partial charge < -0.3 is 0 Å². The van der Waals surface area contributed by atoms with Gasteiger partial charge >= 0.3 is 0 Å². The first-order valence-electron chi connectivity index (χ1n) is 1.54. The topological polar surface area (TPSA) is 48.8 Å². The number of nitrogens with zero attached hydrogens (tertiary/aromatic N) is 2. The largest absolute Gasteiger partial charge is 0.265 e. The van der Waals surface area contributed by atoms with Crippen molar-refractivity contribution >= 4 is 12.7 Å². The van der Waals surface area contributed by atoms with Crippen molar-refractivity contribution in [1.82, 2.24) is 10.9 Å². The van der Waals surface area contributed by atoms with Crippen molar-refractivity contribution in [1.29, 1.82) is 0 Å². The van der Waals surface area contributed by atoms with Gasteiger partial charge in [-0.05, 0) is 0 Å². The fourth-order valence-electron chi connectivity index (χ4n) is 0.199. The van der Waals surface area contributed by atoms with E-state index in [1.165, 1.54) is 12.7 Å². The highest BCUT2D eigenvalue weighted by Crippen LogP contribution is 1.57. The van der Waals surface area contributed by atoms with Gasteiger partial charge in [0, 0.05) is 0 Å². The Morgan fingerprint density at radius 3 is 1.67 bits per heavy atom. The summed E-state index contributed by atoms with van der Waals surface area (Å²) in [4.78, 5) is 0. The maximum atomic E-state index is 3.54. The first kappa shape index (κ1) is 3.14. The molecule has 0 radical (unpaired) electrons. The van der Waals surface area contributed by atoms with Gasteiger partial charge in [0.2, 0.25) is 0 Å². The quantitative estimate of drug-likeness (QED) is 0.398. The summed E-state index contributed by atoms with van der Waals surface area (Å²) in [6.07, 6.45) is 2.92. The molecule has 0 fully saturated rings. The minimum atomic E-state index is 1.46. The van der Waals surface area contributed by atoms with Crippen LogP contribution in [0.1, 0.15) is 0 Å². The standard InChI is InChI=1S/C2H4N4/c1-3-5-2-6-4-1/h1-2H,(H,3,4)(H,5,6). The Morgan fingerprint density at radius 1 is 1.00 bits per heavy atom. The average molecular weight is 84.1 g/mol. The zero-order valence-corrected chi connectivity index (χ0v) is 3.05. The minimum Gasteiger partial charge on any atom is -0.265 e. The summed E-state index contributed by atoms with van der Waals surface area (Å²) in [6.45, 7) is 0. The molecule has 0 aliphatic carbocycles. The van der Waals surface area contributed by atoms with E-state index in [1.807, 2.05) is 0 Å². The molecule has 0 atom stereocenters. The molecular weight excluding hydrogens is 80.1 g/mol. The van der Waals surface area contributed by atoms with Gasteiger partial charge in [0.1, 0.15) is 12.7 Å². The van der Waals surface area contributed by atoms with Gasteiger partial charge in [-0.25, -0.2) is 0 Å². The lowest BCUT2D eigenvalue weighted by Gasteiger charge is -1.93. The summed E-state index contributed by atoms with van der Waals surface area (Å²) in [5.41, 5.74) is 5.00. The van der Waals surface area contributed by atoms with Crippen LogP contribution in [0.4, 0.5) is 0 Å². The Hall–Kier alpha value is -1.06. The minimum absolute atomic E-state index is 1.46. The third-order valence-corrected chi connectivity index (χ3v) is 0.394. The summed E-state index contributed by atoms with van der Waals surface area (Å²) >= 11 is 0. The van der Waals surface area contributed by atoms with Crippen molar-refractivity contribution < 1.29 is 0 Å². The summed E-state index contributed by atoms with van der Waals surface area (Å²) in [6, 6.07) is 0. The second-order valence-electron chi connectivity index (χ2n) is 0.775. The molecule has 0 aromatic rings. The van der Waals surface area contributed by atoms with Gasteiger partial charge in [0.05, 0.1) is 0 Å². The molecule has 0 aromatic heterocycles. The lowest BCUT2D eigenvalue weighted by Crippen LogP contribution is -2.16. The Balaban J connectivity index is 2.40. The van der Waals surface area contributed by atoms with Crippen LogP contribution in [0.25, 0.3) is 0 Å². The van der Waals surface area contributed by atoms with Crippen LogP contribution in [-0.4, -0.2) is 12.7 Å². The molecule has 0 spiro atoms. The van der Waals surface area contributed by atoms with E-state index in [9.17, 15) is 0 Å². The predicted molar refractivity (Wildman–Crippen MR) is 23.3 cm³/mol. The Labute approximate surface area is 34.9 Å². The summed E-state index contributed by atoms with van der Waals surface area (Å²) in [5, 5.41) is 7.08. The highest BCUT2D eigenvalue weighted by molar-refractivity contribution is 5.64. The van der Waals surface area contributed by atoms with Gasteiger partial charge in [0.25, 0.3) is 0 Å². The molecule has 6 heavy (non-hydrogen) atoms. The molecule has 0 aromatic carbocycles. The van der Waals surface area contributed by atoms with Crippen molar-refractivity contribution in [3.63, 3.8) is 0 Å². The highest BCUT2D eigenvalue weighted by atomic mass is 15.4. The highest BCUT2D eigenvalue weighted by Gasteiger charge is 1.71. The summed E-state index contributed by atoms with van der Waals surface area (Å²) in [7, 11) is 0. The molecule has 4 nitrogen and oxygen atoms in total. The van der Waals surface area contributed by atoms with E-state index in [1.54, 1.807) is 0 Å². The lowest BCUT2D eigenvalue weighted by molar-refractivity contribution is 0.929. The second kappa shape index (κ2) is 1.40.